The number of likely N-dealkylation sites (tertiary alicyclic amines) is 1. The van der Waals surface area contributed by atoms with Crippen LogP contribution in [-0.2, 0) is 4.74 Å². The number of β-amino-alcohol motifs (C(OH)–C–C–N with tert-alkyl or cyclic N) is 1. The van der Waals surface area contributed by atoms with Crippen molar-refractivity contribution in [2.45, 2.75) is 45.8 Å². The van der Waals surface area contributed by atoms with Crippen LogP contribution < -0.4 is 0 Å². The first kappa shape index (κ1) is 17.5. The van der Waals surface area contributed by atoms with Crippen molar-refractivity contribution in [2.75, 3.05) is 26.2 Å². The Balaban J connectivity index is 1.78. The Kier molecular flexibility index (Phi) is 6.87. The van der Waals surface area contributed by atoms with Crippen LogP contribution in [0.4, 0.5) is 0 Å². The third-order valence-electron chi connectivity index (χ3n) is 4.45. The summed E-state index contributed by atoms with van der Waals surface area (Å²) in [5, 5.41) is 10.3. The number of benzene rings is 1. The van der Waals surface area contributed by atoms with E-state index < -0.39 is 6.10 Å². The molecule has 0 aliphatic carbocycles. The molecule has 4 atom stereocenters. The number of hydrogen-bond acceptors (Lipinski definition) is 3. The van der Waals surface area contributed by atoms with Crippen molar-refractivity contribution in [3.05, 3.63) is 35.9 Å². The highest BCUT2D eigenvalue weighted by Crippen LogP contribution is 2.22. The van der Waals surface area contributed by atoms with Crippen molar-refractivity contribution in [1.29, 1.82) is 0 Å². The summed E-state index contributed by atoms with van der Waals surface area (Å²) in [5.41, 5.74) is 1.19. The van der Waals surface area contributed by atoms with Gasteiger partial charge in [-0.05, 0) is 30.2 Å². The van der Waals surface area contributed by atoms with Crippen molar-refractivity contribution in [1.82, 2.24) is 4.90 Å². The molecule has 1 fully saturated rings. The number of piperidine rings is 1. The second-order valence-corrected chi connectivity index (χ2v) is 6.96. The summed E-state index contributed by atoms with van der Waals surface area (Å²) in [7, 11) is 0. The first-order valence-corrected chi connectivity index (χ1v) is 8.65. The van der Waals surface area contributed by atoms with Crippen molar-refractivity contribution in [3.8, 4) is 0 Å². The predicted octanol–water partition coefficient (Wildman–Crippen LogP) is 3.49. The standard InChI is InChI=1S/C19H31NO2/c1-4-19(17-8-6-5-7-9-17)22-14-18(21)13-20-11-15(2)10-16(3)12-20/h5-9,15-16,18-19,21H,4,10-14H2,1-3H3/t15-,16-,18+,19-/m0/s1. The van der Waals surface area contributed by atoms with E-state index in [0.29, 0.717) is 6.61 Å². The number of rotatable bonds is 7. The molecule has 0 radical (unpaired) electrons. The Labute approximate surface area is 135 Å². The van der Waals surface area contributed by atoms with Gasteiger partial charge in [-0.1, -0.05) is 51.1 Å². The van der Waals surface area contributed by atoms with Gasteiger partial charge < -0.3 is 14.7 Å². The summed E-state index contributed by atoms with van der Waals surface area (Å²) in [6, 6.07) is 10.3. The smallest absolute Gasteiger partial charge is 0.0900 e. The van der Waals surface area contributed by atoms with E-state index in [4.69, 9.17) is 4.74 Å². The van der Waals surface area contributed by atoms with Crippen LogP contribution >= 0.6 is 0 Å². The van der Waals surface area contributed by atoms with Gasteiger partial charge in [0.2, 0.25) is 0 Å². The quantitative estimate of drug-likeness (QED) is 0.837. The highest BCUT2D eigenvalue weighted by atomic mass is 16.5. The minimum absolute atomic E-state index is 0.0788. The average molecular weight is 305 g/mol. The zero-order chi connectivity index (χ0) is 15.9. The fourth-order valence-electron chi connectivity index (χ4n) is 3.64. The molecule has 3 nitrogen and oxygen atoms in total. The van der Waals surface area contributed by atoms with Crippen molar-refractivity contribution < 1.29 is 9.84 Å². The summed E-state index contributed by atoms with van der Waals surface area (Å²) in [5.74, 6) is 1.45. The molecule has 1 heterocycles. The molecule has 0 amide bonds. The lowest BCUT2D eigenvalue weighted by Gasteiger charge is -2.36. The average Bonchev–Trinajstić information content (AvgIpc) is 2.48. The SMILES string of the molecule is CC[C@H](OC[C@H](O)CN1C[C@@H](C)C[C@H](C)C1)c1ccccc1. The van der Waals surface area contributed by atoms with Crippen LogP contribution in [0.15, 0.2) is 30.3 Å². The fourth-order valence-corrected chi connectivity index (χ4v) is 3.64. The van der Waals surface area contributed by atoms with Crippen LogP contribution in [0.3, 0.4) is 0 Å². The highest BCUT2D eigenvalue weighted by Gasteiger charge is 2.23. The van der Waals surface area contributed by atoms with Crippen molar-refractivity contribution >= 4 is 0 Å². The molecular weight excluding hydrogens is 274 g/mol. The number of aliphatic hydroxyl groups excluding tert-OH is 1. The maximum absolute atomic E-state index is 10.3. The second-order valence-electron chi connectivity index (χ2n) is 6.96. The molecule has 1 aliphatic heterocycles. The zero-order valence-corrected chi connectivity index (χ0v) is 14.2. The summed E-state index contributed by atoms with van der Waals surface area (Å²) in [4.78, 5) is 2.39. The van der Waals surface area contributed by atoms with Gasteiger partial charge in [-0.3, -0.25) is 0 Å². The first-order valence-electron chi connectivity index (χ1n) is 8.65. The third kappa shape index (κ3) is 5.38. The van der Waals surface area contributed by atoms with Gasteiger partial charge in [0, 0.05) is 19.6 Å². The molecule has 1 N–H and O–H groups in total. The van der Waals surface area contributed by atoms with Gasteiger partial charge in [0.1, 0.15) is 0 Å². The highest BCUT2D eigenvalue weighted by molar-refractivity contribution is 5.17. The molecule has 1 aromatic carbocycles. The third-order valence-corrected chi connectivity index (χ3v) is 4.45. The largest absolute Gasteiger partial charge is 0.389 e. The van der Waals surface area contributed by atoms with Gasteiger partial charge >= 0.3 is 0 Å². The molecule has 1 aliphatic rings. The zero-order valence-electron chi connectivity index (χ0n) is 14.2. The van der Waals surface area contributed by atoms with E-state index in [2.05, 4.69) is 37.8 Å². The molecule has 2 rings (SSSR count). The Morgan fingerprint density at radius 1 is 1.18 bits per heavy atom. The van der Waals surface area contributed by atoms with Crippen LogP contribution in [0.25, 0.3) is 0 Å². The fraction of sp³-hybridized carbons (Fsp3) is 0.684. The van der Waals surface area contributed by atoms with E-state index in [1.807, 2.05) is 18.2 Å². The lowest BCUT2D eigenvalue weighted by atomic mass is 9.92. The molecule has 0 aromatic heterocycles. The van der Waals surface area contributed by atoms with Crippen LogP contribution in [0, 0.1) is 11.8 Å². The predicted molar refractivity (Wildman–Crippen MR) is 90.8 cm³/mol. The van der Waals surface area contributed by atoms with Gasteiger partial charge in [-0.15, -0.1) is 0 Å². The van der Waals surface area contributed by atoms with Crippen LogP contribution in [0.5, 0.6) is 0 Å². The van der Waals surface area contributed by atoms with E-state index in [1.165, 1.54) is 12.0 Å². The molecule has 1 aromatic rings. The van der Waals surface area contributed by atoms with E-state index in [-0.39, 0.29) is 6.10 Å². The monoisotopic (exact) mass is 305 g/mol. The van der Waals surface area contributed by atoms with Gasteiger partial charge in [-0.25, -0.2) is 0 Å². The maximum Gasteiger partial charge on any atom is 0.0900 e. The molecule has 0 bridgehead atoms. The summed E-state index contributed by atoms with van der Waals surface area (Å²) in [6.45, 7) is 10.0. The Hall–Kier alpha value is -0.900. The van der Waals surface area contributed by atoms with E-state index in [1.54, 1.807) is 0 Å². The second kappa shape index (κ2) is 8.66. The maximum atomic E-state index is 10.3. The van der Waals surface area contributed by atoms with Gasteiger partial charge in [-0.2, -0.15) is 0 Å². The van der Waals surface area contributed by atoms with E-state index >= 15 is 0 Å². The molecule has 0 saturated carbocycles. The Morgan fingerprint density at radius 3 is 2.41 bits per heavy atom. The molecular formula is C19H31NO2. The van der Waals surface area contributed by atoms with Crippen LogP contribution in [-0.4, -0.2) is 42.4 Å². The van der Waals surface area contributed by atoms with E-state index in [0.717, 1.165) is 37.9 Å². The summed E-state index contributed by atoms with van der Waals surface area (Å²) >= 11 is 0. The minimum Gasteiger partial charge on any atom is -0.389 e. The minimum atomic E-state index is -0.407. The Bertz CT molecular complexity index is 413. The van der Waals surface area contributed by atoms with Gasteiger partial charge in [0.15, 0.2) is 0 Å². The lowest BCUT2D eigenvalue weighted by molar-refractivity contribution is -0.0297. The van der Waals surface area contributed by atoms with E-state index in [9.17, 15) is 5.11 Å². The van der Waals surface area contributed by atoms with Crippen LogP contribution in [0.2, 0.25) is 0 Å². The Morgan fingerprint density at radius 2 is 1.82 bits per heavy atom. The molecule has 3 heteroatoms. The summed E-state index contributed by atoms with van der Waals surface area (Å²) in [6.07, 6.45) is 1.90. The van der Waals surface area contributed by atoms with Crippen molar-refractivity contribution in [2.24, 2.45) is 11.8 Å². The first-order chi connectivity index (χ1) is 10.6. The normalized spacial score (nSPS) is 25.8. The molecule has 124 valence electrons. The molecule has 0 unspecified atom stereocenters. The number of ether oxygens (including phenoxy) is 1. The summed E-state index contributed by atoms with van der Waals surface area (Å²) < 4.78 is 5.96. The lowest BCUT2D eigenvalue weighted by Crippen LogP contribution is -2.43. The topological polar surface area (TPSA) is 32.7 Å². The molecule has 1 saturated heterocycles. The van der Waals surface area contributed by atoms with Crippen LogP contribution in [0.1, 0.15) is 45.3 Å². The molecule has 0 spiro atoms. The number of nitrogens with zero attached hydrogens (tertiary/aromatic N) is 1. The van der Waals surface area contributed by atoms with Gasteiger partial charge in [0.05, 0.1) is 18.8 Å². The number of hydrogen-bond donors (Lipinski definition) is 1. The van der Waals surface area contributed by atoms with Gasteiger partial charge in [0.25, 0.3) is 0 Å². The van der Waals surface area contributed by atoms with Crippen molar-refractivity contribution in [3.63, 3.8) is 0 Å². The number of aliphatic hydroxyl groups is 1. The molecule has 22 heavy (non-hydrogen) atoms.